The van der Waals surface area contributed by atoms with Gasteiger partial charge in [-0.3, -0.25) is 4.99 Å². The van der Waals surface area contributed by atoms with Crippen molar-refractivity contribution in [3.8, 4) is 0 Å². The summed E-state index contributed by atoms with van der Waals surface area (Å²) in [4.78, 5) is 4.67. The molecule has 1 saturated carbocycles. The molecule has 4 atom stereocenters. The molecule has 2 aliphatic rings. The summed E-state index contributed by atoms with van der Waals surface area (Å²) in [6.07, 6.45) is 3.84. The molecular formula is C15H27FN2O. The number of hydrogen-bond acceptors (Lipinski definition) is 3. The van der Waals surface area contributed by atoms with Crippen LogP contribution in [0.1, 0.15) is 46.5 Å². The van der Waals surface area contributed by atoms with E-state index in [1.165, 1.54) is 25.5 Å². The summed E-state index contributed by atoms with van der Waals surface area (Å²) in [5.41, 5.74) is 1.30. The molecule has 1 heterocycles. The van der Waals surface area contributed by atoms with Gasteiger partial charge in [0.25, 0.3) is 0 Å². The largest absolute Gasteiger partial charge is 0.373 e. The van der Waals surface area contributed by atoms with Gasteiger partial charge in [-0.05, 0) is 39.5 Å². The van der Waals surface area contributed by atoms with Crippen LogP contribution in [0.15, 0.2) is 4.99 Å². The van der Waals surface area contributed by atoms with Crippen molar-refractivity contribution >= 4 is 5.71 Å². The fraction of sp³-hybridized carbons (Fsp3) is 0.933. The molecule has 0 aromatic heterocycles. The Morgan fingerprint density at radius 1 is 1.32 bits per heavy atom. The fourth-order valence-electron chi connectivity index (χ4n) is 2.53. The van der Waals surface area contributed by atoms with Crippen molar-refractivity contribution in [3.63, 3.8) is 0 Å². The van der Waals surface area contributed by atoms with Crippen LogP contribution in [0.4, 0.5) is 4.39 Å². The zero-order valence-corrected chi connectivity index (χ0v) is 12.4. The smallest absolute Gasteiger partial charge is 0.121 e. The summed E-state index contributed by atoms with van der Waals surface area (Å²) in [5, 5.41) is 3.64. The normalized spacial score (nSPS) is 28.6. The van der Waals surface area contributed by atoms with E-state index < -0.39 is 6.17 Å². The lowest BCUT2D eigenvalue weighted by atomic mass is 9.91. The number of aliphatic imine (C=N–C) groups is 1. The van der Waals surface area contributed by atoms with Crippen molar-refractivity contribution in [1.29, 1.82) is 0 Å². The second-order valence-electron chi connectivity index (χ2n) is 6.13. The van der Waals surface area contributed by atoms with Crippen LogP contribution in [-0.4, -0.2) is 43.2 Å². The molecular weight excluding hydrogens is 243 g/mol. The zero-order chi connectivity index (χ0) is 13.8. The molecule has 0 saturated heterocycles. The van der Waals surface area contributed by atoms with Gasteiger partial charge in [-0.25, -0.2) is 4.39 Å². The van der Waals surface area contributed by atoms with E-state index >= 15 is 0 Å². The van der Waals surface area contributed by atoms with Crippen molar-refractivity contribution < 1.29 is 9.13 Å². The highest BCUT2D eigenvalue weighted by Crippen LogP contribution is 2.23. The van der Waals surface area contributed by atoms with Crippen LogP contribution in [0.25, 0.3) is 0 Å². The predicted molar refractivity (Wildman–Crippen MR) is 76.6 cm³/mol. The number of nitrogens with one attached hydrogen (secondary N) is 1. The highest BCUT2D eigenvalue weighted by atomic mass is 19.1. The minimum absolute atomic E-state index is 0.112. The van der Waals surface area contributed by atoms with Crippen LogP contribution in [0, 0.1) is 5.92 Å². The van der Waals surface area contributed by atoms with Gasteiger partial charge in [-0.15, -0.1) is 0 Å². The molecule has 0 bridgehead atoms. The Morgan fingerprint density at radius 2 is 2.05 bits per heavy atom. The van der Waals surface area contributed by atoms with E-state index in [1.807, 2.05) is 0 Å². The van der Waals surface area contributed by atoms with E-state index in [1.54, 1.807) is 0 Å². The maximum Gasteiger partial charge on any atom is 0.121 e. The molecule has 0 aromatic carbocycles. The summed E-state index contributed by atoms with van der Waals surface area (Å²) in [6.45, 7) is 6.93. The van der Waals surface area contributed by atoms with Gasteiger partial charge < -0.3 is 10.1 Å². The van der Waals surface area contributed by atoms with Crippen molar-refractivity contribution in [2.45, 2.75) is 70.8 Å². The van der Waals surface area contributed by atoms with E-state index in [0.29, 0.717) is 18.5 Å². The SMILES string of the molecule is CC(F)COC1CCC(C(C)C(C)NC2CC2)=NC1. The first kappa shape index (κ1) is 14.9. The van der Waals surface area contributed by atoms with Crippen LogP contribution in [0.3, 0.4) is 0 Å². The number of halogens is 1. The Kier molecular flexibility index (Phi) is 5.34. The Bertz CT molecular complexity index is 315. The molecule has 4 unspecified atom stereocenters. The monoisotopic (exact) mass is 270 g/mol. The molecule has 0 radical (unpaired) electrons. The second-order valence-corrected chi connectivity index (χ2v) is 6.13. The quantitative estimate of drug-likeness (QED) is 0.771. The Labute approximate surface area is 116 Å². The number of nitrogens with zero attached hydrogens (tertiary/aromatic N) is 1. The van der Waals surface area contributed by atoms with Gasteiger partial charge in [-0.1, -0.05) is 6.92 Å². The fourth-order valence-corrected chi connectivity index (χ4v) is 2.53. The van der Waals surface area contributed by atoms with Crippen molar-refractivity contribution in [2.75, 3.05) is 13.2 Å². The first-order chi connectivity index (χ1) is 9.06. The van der Waals surface area contributed by atoms with Gasteiger partial charge in [0, 0.05) is 23.7 Å². The minimum Gasteiger partial charge on any atom is -0.373 e. The third kappa shape index (κ3) is 4.84. The van der Waals surface area contributed by atoms with E-state index in [2.05, 4.69) is 24.2 Å². The maximum absolute atomic E-state index is 12.7. The maximum atomic E-state index is 12.7. The molecule has 1 N–H and O–H groups in total. The third-order valence-corrected chi connectivity index (χ3v) is 4.13. The lowest BCUT2D eigenvalue weighted by molar-refractivity contribution is 0.0224. The van der Waals surface area contributed by atoms with Crippen molar-refractivity contribution in [1.82, 2.24) is 5.32 Å². The summed E-state index contributed by atoms with van der Waals surface area (Å²) in [5.74, 6) is 0.488. The van der Waals surface area contributed by atoms with E-state index in [-0.39, 0.29) is 12.7 Å². The zero-order valence-electron chi connectivity index (χ0n) is 12.4. The molecule has 1 aliphatic carbocycles. The summed E-state index contributed by atoms with van der Waals surface area (Å²) >= 11 is 0. The van der Waals surface area contributed by atoms with Crippen LogP contribution in [0.5, 0.6) is 0 Å². The average Bonchev–Trinajstić information content (AvgIpc) is 3.20. The number of alkyl halides is 1. The number of ether oxygens (including phenoxy) is 1. The highest BCUT2D eigenvalue weighted by molar-refractivity contribution is 5.87. The van der Waals surface area contributed by atoms with Gasteiger partial charge >= 0.3 is 0 Å². The summed E-state index contributed by atoms with van der Waals surface area (Å²) in [6, 6.07) is 1.23. The van der Waals surface area contributed by atoms with Gasteiger partial charge in [0.1, 0.15) is 6.17 Å². The minimum atomic E-state index is -0.882. The van der Waals surface area contributed by atoms with Crippen LogP contribution >= 0.6 is 0 Å². The molecule has 0 amide bonds. The van der Waals surface area contributed by atoms with Crippen LogP contribution in [-0.2, 0) is 4.74 Å². The van der Waals surface area contributed by atoms with Crippen molar-refractivity contribution in [2.24, 2.45) is 10.9 Å². The molecule has 1 fully saturated rings. The lowest BCUT2D eigenvalue weighted by Gasteiger charge is -2.28. The molecule has 0 spiro atoms. The van der Waals surface area contributed by atoms with Gasteiger partial charge in [0.05, 0.1) is 19.3 Å². The van der Waals surface area contributed by atoms with E-state index in [4.69, 9.17) is 4.74 Å². The molecule has 19 heavy (non-hydrogen) atoms. The topological polar surface area (TPSA) is 33.6 Å². The second kappa shape index (κ2) is 6.80. The average molecular weight is 270 g/mol. The molecule has 0 aromatic rings. The number of hydrogen-bond donors (Lipinski definition) is 1. The molecule has 110 valence electrons. The molecule has 3 nitrogen and oxygen atoms in total. The predicted octanol–water partition coefficient (Wildman–Crippen LogP) is 2.74. The first-order valence-corrected chi connectivity index (χ1v) is 7.61. The van der Waals surface area contributed by atoms with Crippen LogP contribution < -0.4 is 5.32 Å². The van der Waals surface area contributed by atoms with Gasteiger partial charge in [-0.2, -0.15) is 0 Å². The molecule has 2 rings (SSSR count). The Morgan fingerprint density at radius 3 is 2.58 bits per heavy atom. The van der Waals surface area contributed by atoms with E-state index in [0.717, 1.165) is 18.9 Å². The van der Waals surface area contributed by atoms with Gasteiger partial charge in [0.2, 0.25) is 0 Å². The first-order valence-electron chi connectivity index (χ1n) is 7.61. The molecule has 1 aliphatic heterocycles. The third-order valence-electron chi connectivity index (χ3n) is 4.13. The highest BCUT2D eigenvalue weighted by Gasteiger charge is 2.28. The van der Waals surface area contributed by atoms with E-state index in [9.17, 15) is 4.39 Å². The summed E-state index contributed by atoms with van der Waals surface area (Å²) in [7, 11) is 0. The van der Waals surface area contributed by atoms with Gasteiger partial charge in [0.15, 0.2) is 0 Å². The summed E-state index contributed by atoms with van der Waals surface area (Å²) < 4.78 is 18.2. The lowest BCUT2D eigenvalue weighted by Crippen LogP contribution is -2.39. The Balaban J connectivity index is 1.75. The number of rotatable bonds is 7. The molecule has 4 heteroatoms. The Hall–Kier alpha value is -0.480. The van der Waals surface area contributed by atoms with Crippen LogP contribution in [0.2, 0.25) is 0 Å². The standard InChI is InChI=1S/C15H27FN2O/c1-10(16)9-19-14-6-7-15(17-8-14)11(2)12(3)18-13-4-5-13/h10-14,18H,4-9H2,1-3H3. The van der Waals surface area contributed by atoms with Crippen molar-refractivity contribution in [3.05, 3.63) is 0 Å².